The summed E-state index contributed by atoms with van der Waals surface area (Å²) in [6, 6.07) is 14.1. The van der Waals surface area contributed by atoms with Crippen molar-refractivity contribution in [3.8, 4) is 0 Å². The fraction of sp³-hybridized carbons (Fsp3) is 0.200. The van der Waals surface area contributed by atoms with Crippen molar-refractivity contribution in [1.82, 2.24) is 4.90 Å². The van der Waals surface area contributed by atoms with Crippen LogP contribution in [0.4, 0.5) is 28.4 Å². The summed E-state index contributed by atoms with van der Waals surface area (Å²) in [5.41, 5.74) is 1.83. The fourth-order valence-electron chi connectivity index (χ4n) is 4.04. The van der Waals surface area contributed by atoms with Gasteiger partial charge in [-0.15, -0.1) is 10.2 Å². The van der Waals surface area contributed by atoms with Crippen molar-refractivity contribution < 1.29 is 19.4 Å². The molecule has 0 N–H and O–H groups in total. The zero-order valence-electron chi connectivity index (χ0n) is 20.3. The van der Waals surface area contributed by atoms with Gasteiger partial charge in [0.1, 0.15) is 0 Å². The van der Waals surface area contributed by atoms with Crippen LogP contribution >= 0.6 is 15.9 Å². The molecule has 1 aliphatic rings. The molecule has 0 aliphatic carbocycles. The zero-order valence-corrected chi connectivity index (χ0v) is 21.9. The Kier molecular flexibility index (Phi) is 7.57. The first-order valence-electron chi connectivity index (χ1n) is 11.4. The number of azo groups is 1. The Morgan fingerprint density at radius 1 is 0.947 bits per heavy atom. The van der Waals surface area contributed by atoms with Gasteiger partial charge in [0.25, 0.3) is 17.5 Å². The lowest BCUT2D eigenvalue weighted by Crippen LogP contribution is -2.32. The van der Waals surface area contributed by atoms with Crippen LogP contribution in [0.2, 0.25) is 0 Å². The maximum Gasteiger partial charge on any atom is 0.304 e. The third kappa shape index (κ3) is 5.27. The minimum Gasteiger partial charge on any atom is -0.375 e. The van der Waals surface area contributed by atoms with Crippen molar-refractivity contribution in [1.29, 1.82) is 0 Å². The van der Waals surface area contributed by atoms with Crippen LogP contribution in [0.15, 0.2) is 69.3 Å². The number of non-ortho nitro benzene ring substituents is 1. The first-order chi connectivity index (χ1) is 18.1. The normalized spacial score (nSPS) is 12.8. The molecule has 2 amide bonds. The lowest BCUT2D eigenvalue weighted by atomic mass is 10.1. The first kappa shape index (κ1) is 26.5. The van der Waals surface area contributed by atoms with Crippen LogP contribution in [0.5, 0.6) is 0 Å². The maximum atomic E-state index is 12.5. The molecule has 12 nitrogen and oxygen atoms in total. The Bertz CT molecular complexity index is 1470. The third-order valence-electron chi connectivity index (χ3n) is 6.07. The van der Waals surface area contributed by atoms with E-state index in [2.05, 4.69) is 26.2 Å². The molecule has 1 aliphatic heterocycles. The lowest BCUT2D eigenvalue weighted by molar-refractivity contribution is -0.393. The van der Waals surface area contributed by atoms with E-state index < -0.39 is 21.2 Å². The molecular formula is C25H21BrN6O6. The van der Waals surface area contributed by atoms with Gasteiger partial charge in [-0.3, -0.25) is 34.7 Å². The SMILES string of the molecule is Cc1cc(N(C)CCCN2C(=O)c3ccccc3C2=O)ccc1/N=N/c1c(Br)cc([N+](=O)[O-])cc1[N+](=O)[O-]. The number of benzene rings is 3. The molecule has 0 spiro atoms. The van der Waals surface area contributed by atoms with Crippen molar-refractivity contribution in [3.63, 3.8) is 0 Å². The summed E-state index contributed by atoms with van der Waals surface area (Å²) < 4.78 is 0.0780. The predicted octanol–water partition coefficient (Wildman–Crippen LogP) is 6.11. The Morgan fingerprint density at radius 3 is 2.18 bits per heavy atom. The highest BCUT2D eigenvalue weighted by molar-refractivity contribution is 9.10. The number of imide groups is 1. The van der Waals surface area contributed by atoms with E-state index in [9.17, 15) is 29.8 Å². The third-order valence-corrected chi connectivity index (χ3v) is 6.67. The van der Waals surface area contributed by atoms with Gasteiger partial charge in [-0.05, 0) is 65.2 Å². The van der Waals surface area contributed by atoms with E-state index in [-0.39, 0.29) is 22.0 Å². The van der Waals surface area contributed by atoms with Crippen LogP contribution in [0.1, 0.15) is 32.7 Å². The number of halogens is 1. The van der Waals surface area contributed by atoms with Gasteiger partial charge >= 0.3 is 5.69 Å². The number of anilines is 1. The summed E-state index contributed by atoms with van der Waals surface area (Å²) in [4.78, 5) is 49.3. The summed E-state index contributed by atoms with van der Waals surface area (Å²) >= 11 is 3.11. The number of aryl methyl sites for hydroxylation is 1. The van der Waals surface area contributed by atoms with Crippen LogP contribution < -0.4 is 4.90 Å². The van der Waals surface area contributed by atoms with Crippen LogP contribution in [-0.2, 0) is 0 Å². The van der Waals surface area contributed by atoms with E-state index >= 15 is 0 Å². The Labute approximate surface area is 225 Å². The van der Waals surface area contributed by atoms with Crippen molar-refractivity contribution in [2.75, 3.05) is 25.0 Å². The standard InChI is InChI=1S/C25H21BrN6O6/c1-15-12-16(29(2)10-5-11-30-24(33)18-6-3-4-7-19(18)25(30)34)8-9-21(15)27-28-23-20(26)13-17(31(35)36)14-22(23)32(37)38/h3-4,6-9,12-14H,5,10-11H2,1-2H3/b28-27+. The minimum atomic E-state index is -0.751. The fourth-order valence-corrected chi connectivity index (χ4v) is 4.56. The molecule has 194 valence electrons. The molecule has 3 aromatic carbocycles. The molecule has 0 saturated heterocycles. The van der Waals surface area contributed by atoms with Crippen molar-refractivity contribution in [2.24, 2.45) is 10.2 Å². The largest absolute Gasteiger partial charge is 0.375 e. The van der Waals surface area contributed by atoms with Crippen molar-refractivity contribution >= 4 is 56.2 Å². The van der Waals surface area contributed by atoms with E-state index in [0.717, 1.165) is 23.4 Å². The molecule has 1 heterocycles. The molecule has 13 heteroatoms. The number of rotatable bonds is 9. The van der Waals surface area contributed by atoms with Gasteiger partial charge in [-0.25, -0.2) is 0 Å². The minimum absolute atomic E-state index is 0.0780. The van der Waals surface area contributed by atoms with E-state index in [1.807, 2.05) is 31.0 Å². The van der Waals surface area contributed by atoms with Gasteiger partial charge in [0.05, 0.1) is 37.2 Å². The molecule has 0 saturated carbocycles. The Balaban J connectivity index is 1.42. The van der Waals surface area contributed by atoms with E-state index in [1.165, 1.54) is 4.90 Å². The van der Waals surface area contributed by atoms with Crippen LogP contribution in [-0.4, -0.2) is 46.7 Å². The number of carbonyl (C=O) groups excluding carboxylic acids is 2. The van der Waals surface area contributed by atoms with Crippen LogP contribution in [0.25, 0.3) is 0 Å². The molecular weight excluding hydrogens is 560 g/mol. The second kappa shape index (κ2) is 10.8. The average Bonchev–Trinajstić information content (AvgIpc) is 3.12. The van der Waals surface area contributed by atoms with Gasteiger partial charge in [0.2, 0.25) is 0 Å². The van der Waals surface area contributed by atoms with Crippen molar-refractivity contribution in [3.05, 3.63) is 96.0 Å². The second-order valence-electron chi connectivity index (χ2n) is 8.56. The summed E-state index contributed by atoms with van der Waals surface area (Å²) in [7, 11) is 1.88. The topological polar surface area (TPSA) is 152 Å². The highest BCUT2D eigenvalue weighted by Gasteiger charge is 2.34. The smallest absolute Gasteiger partial charge is 0.304 e. The molecule has 0 aromatic heterocycles. The van der Waals surface area contributed by atoms with Crippen molar-refractivity contribution in [2.45, 2.75) is 13.3 Å². The summed E-state index contributed by atoms with van der Waals surface area (Å²) in [6.45, 7) is 2.68. The summed E-state index contributed by atoms with van der Waals surface area (Å²) in [5, 5.41) is 30.6. The van der Waals surface area contributed by atoms with E-state index in [1.54, 1.807) is 30.3 Å². The summed E-state index contributed by atoms with van der Waals surface area (Å²) in [6.07, 6.45) is 0.570. The molecule has 0 bridgehead atoms. The number of amides is 2. The molecule has 3 aromatic rings. The highest BCUT2D eigenvalue weighted by Crippen LogP contribution is 2.40. The number of nitrogens with zero attached hydrogens (tertiary/aromatic N) is 6. The second-order valence-corrected chi connectivity index (χ2v) is 9.42. The number of nitro benzene ring substituents is 2. The highest BCUT2D eigenvalue weighted by atomic mass is 79.9. The molecule has 0 radical (unpaired) electrons. The maximum absolute atomic E-state index is 12.5. The van der Waals surface area contributed by atoms with Gasteiger partial charge in [0, 0.05) is 31.9 Å². The van der Waals surface area contributed by atoms with Crippen LogP contribution in [0.3, 0.4) is 0 Å². The van der Waals surface area contributed by atoms with Gasteiger partial charge in [-0.2, -0.15) is 0 Å². The molecule has 0 atom stereocenters. The molecule has 0 unspecified atom stereocenters. The average molecular weight is 581 g/mol. The number of hydrogen-bond donors (Lipinski definition) is 0. The summed E-state index contributed by atoms with van der Waals surface area (Å²) in [5.74, 6) is -0.558. The number of nitro groups is 2. The van der Waals surface area contributed by atoms with E-state index in [0.29, 0.717) is 36.3 Å². The predicted molar refractivity (Wildman–Crippen MR) is 143 cm³/mol. The van der Waals surface area contributed by atoms with Gasteiger partial charge in [0.15, 0.2) is 5.69 Å². The molecule has 0 fully saturated rings. The Hall–Kier alpha value is -4.52. The number of fused-ring (bicyclic) bond motifs is 1. The Morgan fingerprint density at radius 2 is 1.61 bits per heavy atom. The quantitative estimate of drug-likeness (QED) is 0.128. The number of carbonyl (C=O) groups is 2. The zero-order chi connectivity index (χ0) is 27.6. The van der Waals surface area contributed by atoms with Crippen LogP contribution in [0, 0.1) is 27.2 Å². The first-order valence-corrected chi connectivity index (χ1v) is 12.2. The van der Waals surface area contributed by atoms with Gasteiger partial charge < -0.3 is 4.90 Å². The van der Waals surface area contributed by atoms with E-state index in [4.69, 9.17) is 0 Å². The molecule has 38 heavy (non-hydrogen) atoms. The lowest BCUT2D eigenvalue weighted by Gasteiger charge is -2.21. The monoisotopic (exact) mass is 580 g/mol. The molecule has 4 rings (SSSR count). The number of hydrogen-bond acceptors (Lipinski definition) is 9. The van der Waals surface area contributed by atoms with Gasteiger partial charge in [-0.1, -0.05) is 12.1 Å².